The van der Waals surface area contributed by atoms with E-state index >= 15 is 0 Å². The molecule has 0 saturated heterocycles. The van der Waals surface area contributed by atoms with Gasteiger partial charge >= 0.3 is 0 Å². The van der Waals surface area contributed by atoms with Crippen molar-refractivity contribution in [2.45, 2.75) is 12.5 Å². The van der Waals surface area contributed by atoms with Crippen molar-refractivity contribution in [3.63, 3.8) is 0 Å². The molecule has 1 heterocycles. The van der Waals surface area contributed by atoms with Crippen LogP contribution in [0.25, 0.3) is 0 Å². The Bertz CT molecular complexity index is 592. The number of methoxy groups -OCH3 is 1. The fraction of sp³-hybridized carbons (Fsp3) is 0.267. The third-order valence-electron chi connectivity index (χ3n) is 3.15. The molecule has 0 radical (unpaired) electrons. The van der Waals surface area contributed by atoms with E-state index in [1.165, 1.54) is 6.07 Å². The van der Waals surface area contributed by atoms with E-state index in [-0.39, 0.29) is 11.9 Å². The number of aromatic nitrogens is 1. The topological polar surface area (TPSA) is 34.2 Å². The lowest BCUT2D eigenvalue weighted by Gasteiger charge is -2.19. The van der Waals surface area contributed by atoms with Crippen LogP contribution in [0.15, 0.2) is 41.0 Å². The summed E-state index contributed by atoms with van der Waals surface area (Å²) in [4.78, 5) is 4.18. The second kappa shape index (κ2) is 6.81. The Kier molecular flexibility index (Phi) is 5.09. The van der Waals surface area contributed by atoms with Crippen LogP contribution in [0.3, 0.4) is 0 Å². The summed E-state index contributed by atoms with van der Waals surface area (Å²) in [5.74, 6) is 0.346. The standard InChI is InChI=1S/C15H16BrFN2O/c1-18-14(12-4-3-7-19-15(12)20-2)9-10-8-11(16)5-6-13(10)17/h3-8,14,18H,9H2,1-2H3. The maximum Gasteiger partial charge on any atom is 0.217 e. The fourth-order valence-electron chi connectivity index (χ4n) is 2.13. The van der Waals surface area contributed by atoms with E-state index in [2.05, 4.69) is 26.2 Å². The van der Waals surface area contributed by atoms with Crippen LogP contribution in [-0.4, -0.2) is 19.1 Å². The molecule has 0 aliphatic carbocycles. The van der Waals surface area contributed by atoms with Crippen molar-refractivity contribution < 1.29 is 9.13 Å². The lowest BCUT2D eigenvalue weighted by Crippen LogP contribution is -2.20. The molecular formula is C15H16BrFN2O. The average Bonchev–Trinajstić information content (AvgIpc) is 2.48. The van der Waals surface area contributed by atoms with E-state index in [1.54, 1.807) is 25.4 Å². The summed E-state index contributed by atoms with van der Waals surface area (Å²) < 4.78 is 20.0. The Morgan fingerprint density at radius 3 is 2.90 bits per heavy atom. The van der Waals surface area contributed by atoms with E-state index in [9.17, 15) is 4.39 Å². The zero-order valence-corrected chi connectivity index (χ0v) is 12.9. The molecule has 1 unspecified atom stereocenters. The Hall–Kier alpha value is -1.46. The number of rotatable bonds is 5. The quantitative estimate of drug-likeness (QED) is 0.905. The van der Waals surface area contributed by atoms with Crippen LogP contribution in [0, 0.1) is 5.82 Å². The number of likely N-dealkylation sites (N-methyl/N-ethyl adjacent to an activating group) is 1. The highest BCUT2D eigenvalue weighted by Crippen LogP contribution is 2.27. The molecule has 1 atom stereocenters. The molecule has 0 bridgehead atoms. The van der Waals surface area contributed by atoms with Gasteiger partial charge in [-0.2, -0.15) is 0 Å². The smallest absolute Gasteiger partial charge is 0.217 e. The van der Waals surface area contributed by atoms with Crippen molar-refractivity contribution in [1.82, 2.24) is 10.3 Å². The normalized spacial score (nSPS) is 12.2. The number of halogens is 2. The average molecular weight is 339 g/mol. The van der Waals surface area contributed by atoms with Crippen molar-refractivity contribution in [2.24, 2.45) is 0 Å². The number of hydrogen-bond acceptors (Lipinski definition) is 3. The second-order valence-electron chi connectivity index (χ2n) is 4.38. The predicted octanol–water partition coefficient (Wildman–Crippen LogP) is 3.50. The molecule has 0 fully saturated rings. The van der Waals surface area contributed by atoms with Gasteiger partial charge in [-0.3, -0.25) is 0 Å². The van der Waals surface area contributed by atoms with Crippen LogP contribution in [0.4, 0.5) is 4.39 Å². The molecule has 1 N–H and O–H groups in total. The first-order valence-electron chi connectivity index (χ1n) is 6.25. The Morgan fingerprint density at radius 2 is 2.20 bits per heavy atom. The molecule has 5 heteroatoms. The number of nitrogens with zero attached hydrogens (tertiary/aromatic N) is 1. The maximum absolute atomic E-state index is 13.9. The summed E-state index contributed by atoms with van der Waals surface area (Å²) in [6.07, 6.45) is 2.19. The van der Waals surface area contributed by atoms with Gasteiger partial charge < -0.3 is 10.1 Å². The summed E-state index contributed by atoms with van der Waals surface area (Å²) in [7, 11) is 3.42. The van der Waals surface area contributed by atoms with Crippen LogP contribution < -0.4 is 10.1 Å². The molecular weight excluding hydrogens is 323 g/mol. The first-order chi connectivity index (χ1) is 9.65. The summed E-state index contributed by atoms with van der Waals surface area (Å²) in [5.41, 5.74) is 1.56. The summed E-state index contributed by atoms with van der Waals surface area (Å²) in [6.45, 7) is 0. The zero-order chi connectivity index (χ0) is 14.5. The molecule has 2 aromatic rings. The van der Waals surface area contributed by atoms with Gasteiger partial charge in [0.1, 0.15) is 5.82 Å². The third kappa shape index (κ3) is 3.35. The van der Waals surface area contributed by atoms with E-state index in [0.29, 0.717) is 17.9 Å². The van der Waals surface area contributed by atoms with Gasteiger partial charge in [-0.1, -0.05) is 22.0 Å². The molecule has 2 rings (SSSR count). The molecule has 106 valence electrons. The van der Waals surface area contributed by atoms with Gasteiger partial charge in [0.2, 0.25) is 5.88 Å². The van der Waals surface area contributed by atoms with Crippen molar-refractivity contribution in [1.29, 1.82) is 0 Å². The summed E-state index contributed by atoms with van der Waals surface area (Å²) in [5, 5.41) is 3.19. The Morgan fingerprint density at radius 1 is 1.40 bits per heavy atom. The van der Waals surface area contributed by atoms with E-state index in [1.807, 2.05) is 19.2 Å². The Labute approximate surface area is 126 Å². The summed E-state index contributed by atoms with van der Waals surface area (Å²) >= 11 is 3.37. The van der Waals surface area contributed by atoms with Gasteiger partial charge in [-0.25, -0.2) is 9.37 Å². The fourth-order valence-corrected chi connectivity index (χ4v) is 2.53. The second-order valence-corrected chi connectivity index (χ2v) is 5.30. The van der Waals surface area contributed by atoms with Crippen molar-refractivity contribution in [3.8, 4) is 5.88 Å². The van der Waals surface area contributed by atoms with E-state index in [0.717, 1.165) is 10.0 Å². The lowest BCUT2D eigenvalue weighted by atomic mass is 9.99. The highest BCUT2D eigenvalue weighted by Gasteiger charge is 2.17. The van der Waals surface area contributed by atoms with Gasteiger partial charge in [0.05, 0.1) is 7.11 Å². The van der Waals surface area contributed by atoms with Gasteiger partial charge in [-0.15, -0.1) is 0 Å². The van der Waals surface area contributed by atoms with Gasteiger partial charge in [0.25, 0.3) is 0 Å². The monoisotopic (exact) mass is 338 g/mol. The number of ether oxygens (including phenoxy) is 1. The predicted molar refractivity (Wildman–Crippen MR) is 80.4 cm³/mol. The number of benzene rings is 1. The van der Waals surface area contributed by atoms with Gasteiger partial charge in [0, 0.05) is 22.3 Å². The van der Waals surface area contributed by atoms with Crippen molar-refractivity contribution in [2.75, 3.05) is 14.2 Å². The minimum atomic E-state index is -0.212. The molecule has 0 amide bonds. The van der Waals surface area contributed by atoms with Gasteiger partial charge in [-0.05, 0) is 43.3 Å². The lowest BCUT2D eigenvalue weighted by molar-refractivity contribution is 0.384. The number of nitrogens with one attached hydrogen (secondary N) is 1. The minimum absolute atomic E-state index is 0.0672. The summed E-state index contributed by atoms with van der Waals surface area (Å²) in [6, 6.07) is 8.66. The van der Waals surface area contributed by atoms with Crippen molar-refractivity contribution in [3.05, 3.63) is 57.9 Å². The third-order valence-corrected chi connectivity index (χ3v) is 3.64. The number of pyridine rings is 1. The molecule has 1 aromatic heterocycles. The maximum atomic E-state index is 13.9. The van der Waals surface area contributed by atoms with Crippen molar-refractivity contribution >= 4 is 15.9 Å². The SMILES string of the molecule is CNC(Cc1cc(Br)ccc1F)c1cccnc1OC. The van der Waals surface area contributed by atoms with E-state index in [4.69, 9.17) is 4.74 Å². The van der Waals surface area contributed by atoms with Crippen LogP contribution in [0.1, 0.15) is 17.2 Å². The van der Waals surface area contributed by atoms with Crippen LogP contribution >= 0.6 is 15.9 Å². The molecule has 1 aromatic carbocycles. The molecule has 20 heavy (non-hydrogen) atoms. The van der Waals surface area contributed by atoms with Crippen LogP contribution in [0.5, 0.6) is 5.88 Å². The highest BCUT2D eigenvalue weighted by molar-refractivity contribution is 9.10. The minimum Gasteiger partial charge on any atom is -0.481 e. The molecule has 0 spiro atoms. The largest absolute Gasteiger partial charge is 0.481 e. The molecule has 0 aliphatic rings. The zero-order valence-electron chi connectivity index (χ0n) is 11.4. The first-order valence-corrected chi connectivity index (χ1v) is 7.05. The van der Waals surface area contributed by atoms with Crippen LogP contribution in [0.2, 0.25) is 0 Å². The molecule has 0 aliphatic heterocycles. The molecule has 3 nitrogen and oxygen atoms in total. The van der Waals surface area contributed by atoms with E-state index < -0.39 is 0 Å². The van der Waals surface area contributed by atoms with Crippen LogP contribution in [-0.2, 0) is 6.42 Å². The number of hydrogen-bond donors (Lipinski definition) is 1. The highest BCUT2D eigenvalue weighted by atomic mass is 79.9. The van der Waals surface area contributed by atoms with Gasteiger partial charge in [0.15, 0.2) is 0 Å². The first kappa shape index (κ1) is 14.9. The molecule has 0 saturated carbocycles. The Balaban J connectivity index is 2.31.